The number of ether oxygens (including phenoxy) is 1. The van der Waals surface area contributed by atoms with Gasteiger partial charge in [-0.2, -0.15) is 13.2 Å². The van der Waals surface area contributed by atoms with E-state index in [-0.39, 0.29) is 19.7 Å². The minimum absolute atomic E-state index is 0.114. The first-order chi connectivity index (χ1) is 10.2. The van der Waals surface area contributed by atoms with E-state index in [4.69, 9.17) is 4.74 Å². The van der Waals surface area contributed by atoms with Gasteiger partial charge < -0.3 is 15.4 Å². The number of rotatable bonds is 6. The molecule has 1 rings (SSSR count). The molecule has 0 bridgehead atoms. The highest BCUT2D eigenvalue weighted by molar-refractivity contribution is 5.81. The molecule has 0 aliphatic carbocycles. The van der Waals surface area contributed by atoms with Crippen molar-refractivity contribution in [2.75, 3.05) is 19.7 Å². The fraction of sp³-hybridized carbons (Fsp3) is 0.429. The highest BCUT2D eigenvalue weighted by atomic mass is 19.4. The number of alkyl halides is 3. The van der Waals surface area contributed by atoms with Gasteiger partial charge in [0, 0.05) is 13.1 Å². The predicted octanol–water partition coefficient (Wildman–Crippen LogP) is 1.48. The average Bonchev–Trinajstić information content (AvgIpc) is 2.43. The highest BCUT2D eigenvalue weighted by Crippen LogP contribution is 2.16. The van der Waals surface area contributed by atoms with Crippen LogP contribution in [0.3, 0.4) is 0 Å². The van der Waals surface area contributed by atoms with E-state index < -0.39 is 18.0 Å². The van der Waals surface area contributed by atoms with Crippen molar-refractivity contribution in [3.8, 4) is 5.75 Å². The Morgan fingerprint density at radius 2 is 1.73 bits per heavy atom. The zero-order valence-corrected chi connectivity index (χ0v) is 12.2. The van der Waals surface area contributed by atoms with Crippen LogP contribution in [0.25, 0.3) is 0 Å². The van der Waals surface area contributed by atoms with Gasteiger partial charge in [0.05, 0.1) is 0 Å². The van der Waals surface area contributed by atoms with Gasteiger partial charge in [-0.3, -0.25) is 9.59 Å². The van der Waals surface area contributed by atoms with Crippen LogP contribution >= 0.6 is 0 Å². The largest absolute Gasteiger partial charge is 0.484 e. The van der Waals surface area contributed by atoms with Crippen LogP contribution in [0.4, 0.5) is 13.2 Å². The Hall–Kier alpha value is -2.25. The van der Waals surface area contributed by atoms with Gasteiger partial charge in [0.25, 0.3) is 5.91 Å². The van der Waals surface area contributed by atoms with E-state index in [0.717, 1.165) is 11.1 Å². The minimum Gasteiger partial charge on any atom is -0.484 e. The van der Waals surface area contributed by atoms with Crippen molar-refractivity contribution in [2.45, 2.75) is 20.0 Å². The normalized spacial score (nSPS) is 11.0. The van der Waals surface area contributed by atoms with E-state index in [1.54, 1.807) is 17.4 Å². The first kappa shape index (κ1) is 17.8. The lowest BCUT2D eigenvalue weighted by Gasteiger charge is -2.10. The zero-order chi connectivity index (χ0) is 16.8. The van der Waals surface area contributed by atoms with Crippen LogP contribution in [0.1, 0.15) is 11.1 Å². The molecule has 0 heterocycles. The maximum atomic E-state index is 11.9. The number of benzene rings is 1. The van der Waals surface area contributed by atoms with E-state index in [2.05, 4.69) is 5.32 Å². The zero-order valence-electron chi connectivity index (χ0n) is 12.2. The molecule has 2 amide bonds. The summed E-state index contributed by atoms with van der Waals surface area (Å²) >= 11 is 0. The molecule has 2 N–H and O–H groups in total. The number of carbonyl (C=O) groups is 2. The Labute approximate surface area is 125 Å². The molecule has 0 atom stereocenters. The predicted molar refractivity (Wildman–Crippen MR) is 73.5 cm³/mol. The number of aryl methyl sites for hydroxylation is 2. The van der Waals surface area contributed by atoms with E-state index >= 15 is 0 Å². The van der Waals surface area contributed by atoms with E-state index in [1.165, 1.54) is 0 Å². The number of nitrogens with one attached hydrogen (secondary N) is 2. The Balaban J connectivity index is 2.24. The molecule has 8 heteroatoms. The fourth-order valence-electron chi connectivity index (χ4n) is 1.48. The number of halogens is 3. The van der Waals surface area contributed by atoms with E-state index in [0.29, 0.717) is 5.75 Å². The molecular weight excluding hydrogens is 301 g/mol. The van der Waals surface area contributed by atoms with Gasteiger partial charge in [0.1, 0.15) is 5.75 Å². The van der Waals surface area contributed by atoms with Crippen LogP contribution in [0, 0.1) is 13.8 Å². The first-order valence-electron chi connectivity index (χ1n) is 6.52. The first-order valence-corrected chi connectivity index (χ1v) is 6.52. The third-order valence-corrected chi connectivity index (χ3v) is 2.84. The molecule has 22 heavy (non-hydrogen) atoms. The van der Waals surface area contributed by atoms with Gasteiger partial charge in [0.15, 0.2) is 6.61 Å². The Bertz CT molecular complexity index is 545. The lowest BCUT2D eigenvalue weighted by molar-refractivity contribution is -0.173. The topological polar surface area (TPSA) is 67.4 Å². The Kier molecular flexibility index (Phi) is 6.21. The summed E-state index contributed by atoms with van der Waals surface area (Å²) in [6, 6.07) is 5.36. The highest BCUT2D eigenvalue weighted by Gasteiger charge is 2.38. The van der Waals surface area contributed by atoms with Crippen molar-refractivity contribution in [1.29, 1.82) is 0 Å². The molecule has 0 spiro atoms. The number of carbonyl (C=O) groups excluding carboxylic acids is 2. The molecule has 0 aromatic heterocycles. The Morgan fingerprint density at radius 3 is 2.32 bits per heavy atom. The number of hydrogen-bond acceptors (Lipinski definition) is 3. The van der Waals surface area contributed by atoms with Crippen molar-refractivity contribution in [3.05, 3.63) is 29.3 Å². The summed E-state index contributed by atoms with van der Waals surface area (Å²) in [6.07, 6.45) is -4.92. The lowest BCUT2D eigenvalue weighted by Crippen LogP contribution is -2.41. The standard InChI is InChI=1S/C14H17F3N2O3/c1-9-3-4-11(7-10(9)2)22-8-12(20)18-5-6-19-13(21)14(15,16)17/h3-4,7H,5-6,8H2,1-2H3,(H,18,20)(H,19,21). The molecule has 122 valence electrons. The quantitative estimate of drug-likeness (QED) is 0.781. The van der Waals surface area contributed by atoms with Crippen LogP contribution in [0.5, 0.6) is 5.75 Å². The lowest BCUT2D eigenvalue weighted by atomic mass is 10.1. The summed E-state index contributed by atoms with van der Waals surface area (Å²) in [6.45, 7) is 3.17. The molecule has 0 saturated heterocycles. The molecule has 1 aromatic carbocycles. The van der Waals surface area contributed by atoms with Crippen molar-refractivity contribution in [1.82, 2.24) is 10.6 Å². The van der Waals surface area contributed by atoms with Crippen LogP contribution in [0.15, 0.2) is 18.2 Å². The second-order valence-corrected chi connectivity index (χ2v) is 4.64. The molecule has 0 aliphatic heterocycles. The second-order valence-electron chi connectivity index (χ2n) is 4.64. The summed E-state index contributed by atoms with van der Waals surface area (Å²) in [4.78, 5) is 21.9. The van der Waals surface area contributed by atoms with Gasteiger partial charge in [-0.15, -0.1) is 0 Å². The molecule has 0 fully saturated rings. The fourth-order valence-corrected chi connectivity index (χ4v) is 1.48. The summed E-state index contributed by atoms with van der Waals surface area (Å²) in [7, 11) is 0. The third-order valence-electron chi connectivity index (χ3n) is 2.84. The maximum absolute atomic E-state index is 11.9. The summed E-state index contributed by atoms with van der Waals surface area (Å²) < 4.78 is 40.9. The molecule has 0 saturated carbocycles. The number of hydrogen-bond donors (Lipinski definition) is 2. The van der Waals surface area contributed by atoms with Crippen LogP contribution in [-0.2, 0) is 9.59 Å². The van der Waals surface area contributed by atoms with Gasteiger partial charge in [-0.25, -0.2) is 0 Å². The smallest absolute Gasteiger partial charge is 0.471 e. The van der Waals surface area contributed by atoms with Gasteiger partial charge >= 0.3 is 12.1 Å². The minimum atomic E-state index is -4.92. The van der Waals surface area contributed by atoms with Crippen molar-refractivity contribution < 1.29 is 27.5 Å². The van der Waals surface area contributed by atoms with Gasteiger partial charge in [-0.05, 0) is 37.1 Å². The summed E-state index contributed by atoms with van der Waals surface area (Å²) in [5.74, 6) is -1.99. The van der Waals surface area contributed by atoms with Crippen molar-refractivity contribution >= 4 is 11.8 Å². The van der Waals surface area contributed by atoms with Crippen molar-refractivity contribution in [3.63, 3.8) is 0 Å². The molecular formula is C14H17F3N2O3. The van der Waals surface area contributed by atoms with E-state index in [9.17, 15) is 22.8 Å². The van der Waals surface area contributed by atoms with E-state index in [1.807, 2.05) is 19.9 Å². The van der Waals surface area contributed by atoms with Crippen LogP contribution in [0.2, 0.25) is 0 Å². The molecule has 0 unspecified atom stereocenters. The SMILES string of the molecule is Cc1ccc(OCC(=O)NCCNC(=O)C(F)(F)F)cc1C. The van der Waals surface area contributed by atoms with Gasteiger partial charge in [-0.1, -0.05) is 6.07 Å². The molecule has 1 aromatic rings. The van der Waals surface area contributed by atoms with Crippen LogP contribution < -0.4 is 15.4 Å². The Morgan fingerprint density at radius 1 is 1.09 bits per heavy atom. The molecule has 5 nitrogen and oxygen atoms in total. The summed E-state index contributed by atoms with van der Waals surface area (Å²) in [5.41, 5.74) is 2.12. The average molecular weight is 318 g/mol. The van der Waals surface area contributed by atoms with Gasteiger partial charge in [0.2, 0.25) is 0 Å². The number of amides is 2. The monoisotopic (exact) mass is 318 g/mol. The third kappa shape index (κ3) is 6.02. The van der Waals surface area contributed by atoms with Crippen molar-refractivity contribution in [2.24, 2.45) is 0 Å². The molecule has 0 aliphatic rings. The maximum Gasteiger partial charge on any atom is 0.471 e. The van der Waals surface area contributed by atoms with Crippen LogP contribution in [-0.4, -0.2) is 37.7 Å². The molecule has 0 radical (unpaired) electrons. The summed E-state index contributed by atoms with van der Waals surface area (Å²) in [5, 5.41) is 3.99. The second kappa shape index (κ2) is 7.67.